The number of carbonyl (C=O) groups excluding carboxylic acids is 2. The Morgan fingerprint density at radius 3 is 2.57 bits per heavy atom. The van der Waals surface area contributed by atoms with Crippen LogP contribution in [0.2, 0.25) is 0 Å². The summed E-state index contributed by atoms with van der Waals surface area (Å²) in [5.74, 6) is -1.52. The lowest BCUT2D eigenvalue weighted by Crippen LogP contribution is -2.38. The molecule has 0 aliphatic heterocycles. The van der Waals surface area contributed by atoms with Crippen molar-refractivity contribution in [2.75, 3.05) is 11.9 Å². The van der Waals surface area contributed by atoms with E-state index < -0.39 is 17.9 Å². The second-order valence-corrected chi connectivity index (χ2v) is 5.23. The molecule has 1 atom stereocenters. The first-order chi connectivity index (χ1) is 11.0. The fourth-order valence-corrected chi connectivity index (χ4v) is 2.32. The highest BCUT2D eigenvalue weighted by Crippen LogP contribution is 2.15. The van der Waals surface area contributed by atoms with Crippen molar-refractivity contribution >= 4 is 17.5 Å². The van der Waals surface area contributed by atoms with Crippen molar-refractivity contribution < 1.29 is 14.7 Å². The molecule has 0 saturated heterocycles. The van der Waals surface area contributed by atoms with E-state index >= 15 is 0 Å². The van der Waals surface area contributed by atoms with E-state index in [-0.39, 0.29) is 6.54 Å². The summed E-state index contributed by atoms with van der Waals surface area (Å²) in [5.41, 5.74) is 2.25. The largest absolute Gasteiger partial charge is 0.385 e. The number of aliphatic hydroxyl groups excluding tert-OH is 1. The Bertz CT molecular complexity index is 694. The van der Waals surface area contributed by atoms with Gasteiger partial charge in [-0.3, -0.25) is 9.59 Å². The molecule has 0 saturated carbocycles. The van der Waals surface area contributed by atoms with E-state index in [2.05, 4.69) is 10.6 Å². The van der Waals surface area contributed by atoms with Crippen LogP contribution in [0.3, 0.4) is 0 Å². The minimum absolute atomic E-state index is 0.0282. The van der Waals surface area contributed by atoms with Crippen molar-refractivity contribution in [1.82, 2.24) is 9.88 Å². The number of carbonyl (C=O) groups is 2. The zero-order chi connectivity index (χ0) is 16.8. The van der Waals surface area contributed by atoms with Crippen LogP contribution in [0.5, 0.6) is 0 Å². The Balaban J connectivity index is 1.90. The lowest BCUT2D eigenvalue weighted by Gasteiger charge is -2.13. The summed E-state index contributed by atoms with van der Waals surface area (Å²) in [6.07, 6.45) is 1.69. The number of nitrogens with zero attached hydrogens (tertiary/aromatic N) is 1. The summed E-state index contributed by atoms with van der Waals surface area (Å²) >= 11 is 0. The summed E-state index contributed by atoms with van der Waals surface area (Å²) < 4.78 is 1.76. The molecule has 1 unspecified atom stereocenters. The van der Waals surface area contributed by atoms with Gasteiger partial charge in [0.2, 0.25) is 0 Å². The molecule has 122 valence electrons. The molecular formula is C17H21N3O3. The van der Waals surface area contributed by atoms with E-state index in [1.807, 2.05) is 19.1 Å². The minimum atomic E-state index is -0.866. The highest BCUT2D eigenvalue weighted by molar-refractivity contribution is 6.39. The van der Waals surface area contributed by atoms with Crippen LogP contribution in [0.1, 0.15) is 24.3 Å². The summed E-state index contributed by atoms with van der Waals surface area (Å²) in [4.78, 5) is 23.8. The Morgan fingerprint density at radius 1 is 1.17 bits per heavy atom. The van der Waals surface area contributed by atoms with Gasteiger partial charge < -0.3 is 20.3 Å². The molecule has 0 spiro atoms. The fourth-order valence-electron chi connectivity index (χ4n) is 2.32. The number of hydrogen-bond acceptors (Lipinski definition) is 3. The van der Waals surface area contributed by atoms with Crippen LogP contribution in [0.4, 0.5) is 5.69 Å². The third-order valence-electron chi connectivity index (χ3n) is 3.63. The van der Waals surface area contributed by atoms with Gasteiger partial charge in [0.1, 0.15) is 6.10 Å². The summed E-state index contributed by atoms with van der Waals surface area (Å²) in [6, 6.07) is 10.9. The van der Waals surface area contributed by atoms with Crippen LogP contribution in [0.15, 0.2) is 42.6 Å². The number of nitrogens with one attached hydrogen (secondary N) is 2. The van der Waals surface area contributed by atoms with Gasteiger partial charge in [-0.2, -0.15) is 0 Å². The maximum atomic E-state index is 11.9. The number of anilines is 1. The molecule has 2 aromatic rings. The molecule has 1 heterocycles. The molecule has 23 heavy (non-hydrogen) atoms. The highest BCUT2D eigenvalue weighted by Gasteiger charge is 2.17. The van der Waals surface area contributed by atoms with Gasteiger partial charge in [-0.1, -0.05) is 25.1 Å². The molecule has 0 radical (unpaired) electrons. The zero-order valence-corrected chi connectivity index (χ0v) is 13.2. The molecule has 0 bridgehead atoms. The second kappa shape index (κ2) is 7.60. The Hall–Kier alpha value is -2.60. The first kappa shape index (κ1) is 16.8. The molecule has 0 aliphatic rings. The summed E-state index contributed by atoms with van der Waals surface area (Å²) in [6.45, 7) is 1.95. The molecule has 1 aromatic carbocycles. The van der Waals surface area contributed by atoms with Gasteiger partial charge in [0, 0.05) is 31.2 Å². The van der Waals surface area contributed by atoms with Crippen molar-refractivity contribution in [3.63, 3.8) is 0 Å². The van der Waals surface area contributed by atoms with Crippen molar-refractivity contribution in [3.8, 4) is 0 Å². The van der Waals surface area contributed by atoms with Gasteiger partial charge in [-0.25, -0.2) is 0 Å². The van der Waals surface area contributed by atoms with Crippen molar-refractivity contribution in [3.05, 3.63) is 53.9 Å². The molecule has 1 aromatic heterocycles. The molecular weight excluding hydrogens is 294 g/mol. The zero-order valence-electron chi connectivity index (χ0n) is 13.2. The van der Waals surface area contributed by atoms with Crippen molar-refractivity contribution in [1.29, 1.82) is 0 Å². The lowest BCUT2D eigenvalue weighted by molar-refractivity contribution is -0.136. The van der Waals surface area contributed by atoms with Crippen molar-refractivity contribution in [2.24, 2.45) is 7.05 Å². The van der Waals surface area contributed by atoms with Gasteiger partial charge >= 0.3 is 11.8 Å². The van der Waals surface area contributed by atoms with Crippen LogP contribution in [-0.2, 0) is 23.1 Å². The number of aryl methyl sites for hydroxylation is 2. The van der Waals surface area contributed by atoms with E-state index in [1.54, 1.807) is 42.1 Å². The number of aromatic nitrogens is 1. The van der Waals surface area contributed by atoms with Crippen LogP contribution < -0.4 is 10.6 Å². The molecule has 0 aliphatic carbocycles. The molecule has 2 amide bonds. The molecule has 2 rings (SSSR count). The normalized spacial score (nSPS) is 11.8. The molecule has 6 heteroatoms. The SMILES string of the molecule is CCc1ccccc1NC(=O)C(=O)NCC(O)c1cccn1C. The molecule has 3 N–H and O–H groups in total. The maximum Gasteiger partial charge on any atom is 0.313 e. The first-order valence-electron chi connectivity index (χ1n) is 7.49. The molecule has 0 fully saturated rings. The second-order valence-electron chi connectivity index (χ2n) is 5.23. The number of rotatable bonds is 5. The topological polar surface area (TPSA) is 83.4 Å². The van der Waals surface area contributed by atoms with Crippen LogP contribution in [-0.4, -0.2) is 28.0 Å². The number of para-hydroxylation sites is 1. The number of aliphatic hydroxyl groups is 1. The number of hydrogen-bond donors (Lipinski definition) is 3. The molecule has 6 nitrogen and oxygen atoms in total. The van der Waals surface area contributed by atoms with E-state index in [0.29, 0.717) is 11.4 Å². The Labute approximate surface area is 135 Å². The predicted molar refractivity (Wildman–Crippen MR) is 87.8 cm³/mol. The standard InChI is InChI=1S/C17H21N3O3/c1-3-12-7-4-5-8-13(12)19-17(23)16(22)18-11-15(21)14-9-6-10-20(14)2/h4-10,15,21H,3,11H2,1-2H3,(H,18,22)(H,19,23). The maximum absolute atomic E-state index is 11.9. The monoisotopic (exact) mass is 315 g/mol. The van der Waals surface area contributed by atoms with Crippen LogP contribution in [0, 0.1) is 0 Å². The van der Waals surface area contributed by atoms with Gasteiger partial charge in [-0.05, 0) is 30.2 Å². The smallest absolute Gasteiger partial charge is 0.313 e. The van der Waals surface area contributed by atoms with E-state index in [4.69, 9.17) is 0 Å². The van der Waals surface area contributed by atoms with Crippen molar-refractivity contribution in [2.45, 2.75) is 19.4 Å². The van der Waals surface area contributed by atoms with E-state index in [1.165, 1.54) is 0 Å². The average molecular weight is 315 g/mol. The highest BCUT2D eigenvalue weighted by atomic mass is 16.3. The van der Waals surface area contributed by atoms with E-state index in [0.717, 1.165) is 12.0 Å². The van der Waals surface area contributed by atoms with Gasteiger partial charge in [0.05, 0.1) is 0 Å². The fraction of sp³-hybridized carbons (Fsp3) is 0.294. The first-order valence-corrected chi connectivity index (χ1v) is 7.49. The lowest BCUT2D eigenvalue weighted by atomic mass is 10.1. The van der Waals surface area contributed by atoms with Crippen LogP contribution >= 0.6 is 0 Å². The third kappa shape index (κ3) is 4.20. The average Bonchev–Trinajstić information content (AvgIpc) is 2.98. The Morgan fingerprint density at radius 2 is 1.91 bits per heavy atom. The third-order valence-corrected chi connectivity index (χ3v) is 3.63. The van der Waals surface area contributed by atoms with Gasteiger partial charge in [0.15, 0.2) is 0 Å². The minimum Gasteiger partial charge on any atom is -0.385 e. The number of benzene rings is 1. The van der Waals surface area contributed by atoms with E-state index in [9.17, 15) is 14.7 Å². The quantitative estimate of drug-likeness (QED) is 0.729. The number of amides is 2. The summed E-state index contributed by atoms with van der Waals surface area (Å²) in [7, 11) is 1.80. The summed E-state index contributed by atoms with van der Waals surface area (Å²) in [5, 5.41) is 15.1. The van der Waals surface area contributed by atoms with Gasteiger partial charge in [-0.15, -0.1) is 0 Å². The van der Waals surface area contributed by atoms with Gasteiger partial charge in [0.25, 0.3) is 0 Å². The van der Waals surface area contributed by atoms with Crippen LogP contribution in [0.25, 0.3) is 0 Å². The predicted octanol–water partition coefficient (Wildman–Crippen LogP) is 1.38. The Kier molecular flexibility index (Phi) is 5.54.